The molecule has 3 atom stereocenters. The van der Waals surface area contributed by atoms with Crippen LogP contribution in [0.5, 0.6) is 0 Å². The molecule has 0 N–H and O–H groups in total. The van der Waals surface area contributed by atoms with E-state index in [0.29, 0.717) is 6.10 Å². The summed E-state index contributed by atoms with van der Waals surface area (Å²) in [5, 5.41) is 4.23. The Morgan fingerprint density at radius 3 is 2.94 bits per heavy atom. The second-order valence-electron chi connectivity index (χ2n) is 5.33. The molecule has 2 fully saturated rings. The van der Waals surface area contributed by atoms with Gasteiger partial charge in [0.25, 0.3) is 0 Å². The zero-order valence-corrected chi connectivity index (χ0v) is 10.7. The average molecular weight is 235 g/mol. The number of piperidine rings is 1. The smallest absolute Gasteiger partial charge is 0.0630 e. The van der Waals surface area contributed by atoms with Gasteiger partial charge < -0.3 is 4.74 Å². The van der Waals surface area contributed by atoms with E-state index < -0.39 is 0 Å². The Bertz CT molecular complexity index is 390. The number of hydrogen-bond donors (Lipinski definition) is 0. The molecule has 1 saturated carbocycles. The quantitative estimate of drug-likeness (QED) is 0.790. The summed E-state index contributed by atoms with van der Waals surface area (Å²) in [4.78, 5) is 2.59. The molecule has 0 radical (unpaired) electrons. The minimum atomic E-state index is 0.523. The van der Waals surface area contributed by atoms with Crippen LogP contribution in [0.3, 0.4) is 0 Å². The van der Waals surface area contributed by atoms with E-state index in [1.54, 1.807) is 0 Å². The van der Waals surface area contributed by atoms with E-state index in [4.69, 9.17) is 4.74 Å². The molecule has 1 saturated heterocycles. The van der Waals surface area contributed by atoms with Crippen LogP contribution in [-0.2, 0) is 18.3 Å². The van der Waals surface area contributed by atoms with Crippen molar-refractivity contribution in [2.24, 2.45) is 13.0 Å². The van der Waals surface area contributed by atoms with Gasteiger partial charge >= 0.3 is 0 Å². The highest BCUT2D eigenvalue weighted by Crippen LogP contribution is 2.40. The summed E-state index contributed by atoms with van der Waals surface area (Å²) in [6.45, 7) is 5.20. The SMILES string of the molecule is CCO[C@@H]1CC2CC1CN2Cc1cnn(C)c1. The van der Waals surface area contributed by atoms with Crippen molar-refractivity contribution in [1.29, 1.82) is 0 Å². The molecule has 1 aromatic heterocycles. The maximum absolute atomic E-state index is 5.80. The molecule has 1 aliphatic heterocycles. The first-order chi connectivity index (χ1) is 8.26. The number of aryl methyl sites for hydroxylation is 1. The lowest BCUT2D eigenvalue weighted by Gasteiger charge is -2.30. The Morgan fingerprint density at radius 2 is 2.35 bits per heavy atom. The maximum atomic E-state index is 5.80. The summed E-state index contributed by atoms with van der Waals surface area (Å²) >= 11 is 0. The van der Waals surface area contributed by atoms with Crippen LogP contribution in [0.4, 0.5) is 0 Å². The molecular weight excluding hydrogens is 214 g/mol. The van der Waals surface area contributed by atoms with E-state index in [1.807, 2.05) is 17.9 Å². The Labute approximate surface area is 103 Å². The summed E-state index contributed by atoms with van der Waals surface area (Å²) in [6.07, 6.45) is 7.16. The highest BCUT2D eigenvalue weighted by molar-refractivity contribution is 5.07. The number of hydrogen-bond acceptors (Lipinski definition) is 3. The molecule has 17 heavy (non-hydrogen) atoms. The van der Waals surface area contributed by atoms with Crippen molar-refractivity contribution in [2.75, 3.05) is 13.2 Å². The zero-order valence-electron chi connectivity index (χ0n) is 10.7. The highest BCUT2D eigenvalue weighted by atomic mass is 16.5. The highest BCUT2D eigenvalue weighted by Gasteiger charge is 2.44. The van der Waals surface area contributed by atoms with Crippen LogP contribution in [0, 0.1) is 5.92 Å². The molecule has 4 heteroatoms. The zero-order chi connectivity index (χ0) is 11.8. The molecular formula is C13H21N3O. The van der Waals surface area contributed by atoms with Crippen LogP contribution in [0.1, 0.15) is 25.3 Å². The molecule has 0 amide bonds. The first-order valence-electron chi connectivity index (χ1n) is 6.59. The molecule has 0 aromatic carbocycles. The molecule has 4 nitrogen and oxygen atoms in total. The van der Waals surface area contributed by atoms with E-state index >= 15 is 0 Å². The summed E-state index contributed by atoms with van der Waals surface area (Å²) < 4.78 is 7.68. The van der Waals surface area contributed by atoms with Gasteiger partial charge in [0.15, 0.2) is 0 Å². The van der Waals surface area contributed by atoms with Crippen molar-refractivity contribution in [3.8, 4) is 0 Å². The van der Waals surface area contributed by atoms with Crippen LogP contribution in [0.2, 0.25) is 0 Å². The second-order valence-corrected chi connectivity index (χ2v) is 5.33. The van der Waals surface area contributed by atoms with Crippen LogP contribution in [-0.4, -0.2) is 40.0 Å². The van der Waals surface area contributed by atoms with Crippen molar-refractivity contribution in [3.05, 3.63) is 18.0 Å². The molecule has 1 aliphatic carbocycles. The number of aromatic nitrogens is 2. The molecule has 2 bridgehead atoms. The van der Waals surface area contributed by atoms with Crippen molar-refractivity contribution < 1.29 is 4.74 Å². The predicted octanol–water partition coefficient (Wildman–Crippen LogP) is 1.42. The summed E-state index contributed by atoms with van der Waals surface area (Å²) in [5.41, 5.74) is 1.33. The molecule has 2 aliphatic rings. The molecule has 1 aromatic rings. The van der Waals surface area contributed by atoms with Gasteiger partial charge in [0, 0.05) is 44.5 Å². The van der Waals surface area contributed by atoms with Crippen LogP contribution in [0.25, 0.3) is 0 Å². The van der Waals surface area contributed by atoms with E-state index in [0.717, 1.165) is 25.1 Å². The van der Waals surface area contributed by atoms with Gasteiger partial charge in [-0.1, -0.05) is 0 Å². The second kappa shape index (κ2) is 4.42. The lowest BCUT2D eigenvalue weighted by atomic mass is 10.1. The average Bonchev–Trinajstić information content (AvgIpc) is 2.95. The lowest BCUT2D eigenvalue weighted by Crippen LogP contribution is -2.38. The minimum absolute atomic E-state index is 0.523. The van der Waals surface area contributed by atoms with Gasteiger partial charge in [-0.15, -0.1) is 0 Å². The fraction of sp³-hybridized carbons (Fsp3) is 0.769. The number of likely N-dealkylation sites (tertiary alicyclic amines) is 1. The minimum Gasteiger partial charge on any atom is -0.378 e. The summed E-state index contributed by atoms with van der Waals surface area (Å²) in [6, 6.07) is 0.733. The number of rotatable bonds is 4. The molecule has 3 rings (SSSR count). The topological polar surface area (TPSA) is 30.3 Å². The Balaban J connectivity index is 1.59. The standard InChI is InChI=1S/C13H21N3O/c1-3-17-13-5-12-4-11(13)9-16(12)8-10-6-14-15(2)7-10/h6-7,11-13H,3-5,8-9H2,1-2H3/t11?,12?,13-/m1/s1. The van der Waals surface area contributed by atoms with Gasteiger partial charge in [0.2, 0.25) is 0 Å². The fourth-order valence-electron chi connectivity index (χ4n) is 3.40. The fourth-order valence-corrected chi connectivity index (χ4v) is 3.40. The van der Waals surface area contributed by atoms with Crippen LogP contribution < -0.4 is 0 Å². The normalized spacial score (nSPS) is 32.5. The number of fused-ring (bicyclic) bond motifs is 2. The molecule has 2 unspecified atom stereocenters. The third-order valence-corrected chi connectivity index (χ3v) is 4.12. The summed E-state index contributed by atoms with van der Waals surface area (Å²) in [7, 11) is 1.98. The van der Waals surface area contributed by atoms with E-state index in [9.17, 15) is 0 Å². The van der Waals surface area contributed by atoms with Crippen molar-refractivity contribution >= 4 is 0 Å². The lowest BCUT2D eigenvalue weighted by molar-refractivity contribution is 0.00475. The van der Waals surface area contributed by atoms with Crippen LogP contribution >= 0.6 is 0 Å². The van der Waals surface area contributed by atoms with E-state index in [2.05, 4.69) is 23.1 Å². The monoisotopic (exact) mass is 235 g/mol. The third-order valence-electron chi connectivity index (χ3n) is 4.12. The third kappa shape index (κ3) is 2.11. The number of nitrogens with zero attached hydrogens (tertiary/aromatic N) is 3. The number of ether oxygens (including phenoxy) is 1. The largest absolute Gasteiger partial charge is 0.378 e. The molecule has 94 valence electrons. The molecule has 2 heterocycles. The van der Waals surface area contributed by atoms with Gasteiger partial charge in [-0.05, 0) is 25.7 Å². The first kappa shape index (κ1) is 11.2. The van der Waals surface area contributed by atoms with E-state index in [1.165, 1.54) is 24.9 Å². The first-order valence-corrected chi connectivity index (χ1v) is 6.59. The molecule has 0 spiro atoms. The van der Waals surface area contributed by atoms with Crippen LogP contribution in [0.15, 0.2) is 12.4 Å². The maximum Gasteiger partial charge on any atom is 0.0630 e. The van der Waals surface area contributed by atoms with Gasteiger partial charge in [-0.3, -0.25) is 9.58 Å². The predicted molar refractivity (Wildman–Crippen MR) is 65.5 cm³/mol. The van der Waals surface area contributed by atoms with E-state index in [-0.39, 0.29) is 0 Å². The van der Waals surface area contributed by atoms with Gasteiger partial charge in [0.05, 0.1) is 12.3 Å². The Hall–Kier alpha value is -0.870. The Kier molecular flexibility index (Phi) is 2.92. The van der Waals surface area contributed by atoms with Gasteiger partial charge in [0.1, 0.15) is 0 Å². The van der Waals surface area contributed by atoms with Crippen molar-refractivity contribution in [1.82, 2.24) is 14.7 Å². The van der Waals surface area contributed by atoms with Crippen molar-refractivity contribution in [2.45, 2.75) is 38.5 Å². The Morgan fingerprint density at radius 1 is 1.47 bits per heavy atom. The van der Waals surface area contributed by atoms with Gasteiger partial charge in [-0.25, -0.2) is 0 Å². The van der Waals surface area contributed by atoms with Crippen molar-refractivity contribution in [3.63, 3.8) is 0 Å². The van der Waals surface area contributed by atoms with Gasteiger partial charge in [-0.2, -0.15) is 5.10 Å². The summed E-state index contributed by atoms with van der Waals surface area (Å²) in [5.74, 6) is 0.761.